The number of rotatable bonds is 2. The van der Waals surface area contributed by atoms with Crippen LogP contribution in [-0.2, 0) is 9.53 Å². The van der Waals surface area contributed by atoms with Crippen molar-refractivity contribution in [3.8, 4) is 0 Å². The van der Waals surface area contributed by atoms with Crippen LogP contribution in [0.4, 0.5) is 10.1 Å². The molecule has 0 bridgehead atoms. The van der Waals surface area contributed by atoms with Crippen molar-refractivity contribution in [1.29, 1.82) is 0 Å². The second kappa shape index (κ2) is 3.75. The quantitative estimate of drug-likeness (QED) is 0.777. The van der Waals surface area contributed by atoms with Crippen molar-refractivity contribution in [1.82, 2.24) is 0 Å². The molecule has 1 aromatic rings. The highest BCUT2D eigenvalue weighted by Crippen LogP contribution is 2.14. The highest BCUT2D eigenvalue weighted by molar-refractivity contribution is 5.94. The average molecular weight is 195 g/mol. The maximum Gasteiger partial charge on any atom is 0.253 e. The van der Waals surface area contributed by atoms with Crippen LogP contribution in [-0.4, -0.2) is 18.6 Å². The Morgan fingerprint density at radius 1 is 1.43 bits per heavy atom. The number of hydrogen-bond donors (Lipinski definition) is 1. The van der Waals surface area contributed by atoms with Crippen molar-refractivity contribution in [3.63, 3.8) is 0 Å². The number of hydrogen-bond acceptors (Lipinski definition) is 2. The molecule has 74 valence electrons. The summed E-state index contributed by atoms with van der Waals surface area (Å²) in [5.74, 6) is -0.481. The summed E-state index contributed by atoms with van der Waals surface area (Å²) in [6, 6.07) is 5.65. The Morgan fingerprint density at radius 2 is 2.07 bits per heavy atom. The van der Waals surface area contributed by atoms with Crippen LogP contribution in [0.5, 0.6) is 0 Å². The van der Waals surface area contributed by atoms with E-state index in [-0.39, 0.29) is 17.8 Å². The molecular weight excluding hydrogens is 185 g/mol. The van der Waals surface area contributed by atoms with Crippen LogP contribution in [0, 0.1) is 5.82 Å². The molecule has 1 fully saturated rings. The second-order valence-electron chi connectivity index (χ2n) is 3.14. The molecule has 2 rings (SSSR count). The molecule has 1 heterocycles. The highest BCUT2D eigenvalue weighted by Gasteiger charge is 2.26. The van der Waals surface area contributed by atoms with Gasteiger partial charge in [-0.1, -0.05) is 0 Å². The lowest BCUT2D eigenvalue weighted by molar-refractivity contribution is -0.139. The number of halogens is 1. The van der Waals surface area contributed by atoms with Gasteiger partial charge in [0.05, 0.1) is 6.61 Å². The van der Waals surface area contributed by atoms with Crippen LogP contribution in [0.2, 0.25) is 0 Å². The third-order valence-electron chi connectivity index (χ3n) is 2.10. The van der Waals surface area contributed by atoms with Crippen LogP contribution in [0.25, 0.3) is 0 Å². The molecule has 14 heavy (non-hydrogen) atoms. The molecule has 1 saturated heterocycles. The number of anilines is 1. The molecule has 1 atom stereocenters. The van der Waals surface area contributed by atoms with E-state index in [0.717, 1.165) is 6.42 Å². The molecule has 1 unspecified atom stereocenters. The van der Waals surface area contributed by atoms with Gasteiger partial charge in [-0.05, 0) is 24.3 Å². The lowest BCUT2D eigenvalue weighted by atomic mass is 10.2. The van der Waals surface area contributed by atoms with E-state index in [1.807, 2.05) is 0 Å². The molecule has 4 heteroatoms. The van der Waals surface area contributed by atoms with Crippen LogP contribution >= 0.6 is 0 Å². The van der Waals surface area contributed by atoms with Gasteiger partial charge in [0.25, 0.3) is 5.91 Å². The largest absolute Gasteiger partial charge is 0.368 e. The van der Waals surface area contributed by atoms with Gasteiger partial charge < -0.3 is 10.1 Å². The van der Waals surface area contributed by atoms with E-state index in [1.54, 1.807) is 0 Å². The first-order valence-electron chi connectivity index (χ1n) is 4.44. The summed E-state index contributed by atoms with van der Waals surface area (Å²) in [6.45, 7) is 0.640. The molecule has 0 radical (unpaired) electrons. The molecule has 0 aromatic heterocycles. The Hall–Kier alpha value is -1.42. The first kappa shape index (κ1) is 9.15. The second-order valence-corrected chi connectivity index (χ2v) is 3.14. The Morgan fingerprint density at radius 3 is 2.57 bits per heavy atom. The zero-order valence-corrected chi connectivity index (χ0v) is 7.50. The lowest BCUT2D eigenvalue weighted by Crippen LogP contribution is -2.38. The van der Waals surface area contributed by atoms with E-state index in [4.69, 9.17) is 4.74 Å². The summed E-state index contributed by atoms with van der Waals surface area (Å²) >= 11 is 0. The number of carbonyl (C=O) groups excluding carboxylic acids is 1. The fourth-order valence-corrected chi connectivity index (χ4v) is 1.20. The van der Waals surface area contributed by atoms with E-state index in [1.165, 1.54) is 24.3 Å². The third-order valence-corrected chi connectivity index (χ3v) is 2.10. The molecule has 3 nitrogen and oxygen atoms in total. The van der Waals surface area contributed by atoms with Crippen molar-refractivity contribution in [2.24, 2.45) is 0 Å². The van der Waals surface area contributed by atoms with Crippen LogP contribution in [0.3, 0.4) is 0 Å². The summed E-state index contributed by atoms with van der Waals surface area (Å²) < 4.78 is 17.5. The molecule has 1 aliphatic heterocycles. The Bertz CT molecular complexity index is 332. The summed E-state index contributed by atoms with van der Waals surface area (Å²) in [4.78, 5) is 11.3. The summed E-state index contributed by atoms with van der Waals surface area (Å²) in [5, 5.41) is 2.64. The number of carbonyl (C=O) groups is 1. The highest BCUT2D eigenvalue weighted by atomic mass is 19.1. The van der Waals surface area contributed by atoms with Gasteiger partial charge in [-0.25, -0.2) is 4.39 Å². The topological polar surface area (TPSA) is 38.3 Å². The minimum atomic E-state index is -0.333. The van der Waals surface area contributed by atoms with Gasteiger partial charge in [0, 0.05) is 12.1 Å². The summed E-state index contributed by atoms with van der Waals surface area (Å²) in [5.41, 5.74) is 0.590. The van der Waals surface area contributed by atoms with E-state index >= 15 is 0 Å². The average Bonchev–Trinajstić information content (AvgIpc) is 2.06. The normalized spacial score (nSPS) is 19.9. The van der Waals surface area contributed by atoms with E-state index in [9.17, 15) is 9.18 Å². The zero-order chi connectivity index (χ0) is 9.97. The molecule has 1 aromatic carbocycles. The van der Waals surface area contributed by atoms with Crippen molar-refractivity contribution < 1.29 is 13.9 Å². The maximum atomic E-state index is 12.5. The number of amides is 1. The van der Waals surface area contributed by atoms with Crippen molar-refractivity contribution in [2.45, 2.75) is 12.5 Å². The number of nitrogens with one attached hydrogen (secondary N) is 1. The smallest absolute Gasteiger partial charge is 0.253 e. The van der Waals surface area contributed by atoms with Gasteiger partial charge in [-0.3, -0.25) is 4.79 Å². The Labute approximate surface area is 80.9 Å². The van der Waals surface area contributed by atoms with Gasteiger partial charge >= 0.3 is 0 Å². The van der Waals surface area contributed by atoms with E-state index in [2.05, 4.69) is 5.32 Å². The maximum absolute atomic E-state index is 12.5. The predicted octanol–water partition coefficient (Wildman–Crippen LogP) is 1.55. The molecule has 1 amide bonds. The molecule has 0 aliphatic carbocycles. The number of benzene rings is 1. The van der Waals surface area contributed by atoms with Crippen molar-refractivity contribution >= 4 is 11.6 Å². The lowest BCUT2D eigenvalue weighted by Gasteiger charge is -2.24. The fourth-order valence-electron chi connectivity index (χ4n) is 1.20. The van der Waals surface area contributed by atoms with E-state index < -0.39 is 0 Å². The molecule has 0 spiro atoms. The summed E-state index contributed by atoms with van der Waals surface area (Å²) in [6.07, 6.45) is 0.424. The number of ether oxygens (including phenoxy) is 1. The first-order chi connectivity index (χ1) is 6.75. The Balaban J connectivity index is 1.96. The van der Waals surface area contributed by atoms with Gasteiger partial charge in [0.15, 0.2) is 0 Å². The standard InChI is InChI=1S/C10H10FNO2/c11-7-1-3-8(4-2-7)12-10(13)9-5-6-14-9/h1-4,9H,5-6H2,(H,12,13). The minimum Gasteiger partial charge on any atom is -0.368 e. The molecule has 0 saturated carbocycles. The monoisotopic (exact) mass is 195 g/mol. The van der Waals surface area contributed by atoms with Crippen LogP contribution in [0.1, 0.15) is 6.42 Å². The van der Waals surface area contributed by atoms with Gasteiger partial charge in [0.1, 0.15) is 11.9 Å². The zero-order valence-electron chi connectivity index (χ0n) is 7.50. The van der Waals surface area contributed by atoms with Crippen LogP contribution in [0.15, 0.2) is 24.3 Å². The first-order valence-corrected chi connectivity index (χ1v) is 4.44. The van der Waals surface area contributed by atoms with Gasteiger partial charge in [0.2, 0.25) is 0 Å². The Kier molecular flexibility index (Phi) is 2.45. The third kappa shape index (κ3) is 1.90. The predicted molar refractivity (Wildman–Crippen MR) is 49.4 cm³/mol. The fraction of sp³-hybridized carbons (Fsp3) is 0.300. The van der Waals surface area contributed by atoms with Crippen LogP contribution < -0.4 is 5.32 Å². The van der Waals surface area contributed by atoms with Gasteiger partial charge in [-0.2, -0.15) is 0 Å². The van der Waals surface area contributed by atoms with Crippen molar-refractivity contribution in [3.05, 3.63) is 30.1 Å². The summed E-state index contributed by atoms with van der Waals surface area (Å²) in [7, 11) is 0. The SMILES string of the molecule is O=C(Nc1ccc(F)cc1)C1CCO1. The van der Waals surface area contributed by atoms with Gasteiger partial charge in [-0.15, -0.1) is 0 Å². The van der Waals surface area contributed by atoms with E-state index in [0.29, 0.717) is 12.3 Å². The molecular formula is C10H10FNO2. The minimum absolute atomic E-state index is 0.164. The van der Waals surface area contributed by atoms with Crippen molar-refractivity contribution in [2.75, 3.05) is 11.9 Å². The molecule has 1 aliphatic rings. The molecule has 1 N–H and O–H groups in total.